The summed E-state index contributed by atoms with van der Waals surface area (Å²) in [7, 11) is 3.90. The van der Waals surface area contributed by atoms with Crippen LogP contribution in [0, 0.1) is 0 Å². The van der Waals surface area contributed by atoms with Gasteiger partial charge < -0.3 is 24.3 Å². The maximum atomic E-state index is 12.6. The van der Waals surface area contributed by atoms with E-state index in [1.807, 2.05) is 43.3 Å². The number of urea groups is 1. The van der Waals surface area contributed by atoms with Gasteiger partial charge in [0, 0.05) is 32.0 Å². The highest BCUT2D eigenvalue weighted by molar-refractivity contribution is 5.89. The maximum absolute atomic E-state index is 12.6. The number of anilines is 2. The summed E-state index contributed by atoms with van der Waals surface area (Å²) in [5.41, 5.74) is 1.72. The lowest BCUT2D eigenvalue weighted by molar-refractivity contribution is -0.143. The molecule has 0 aliphatic carbocycles. The number of hydrogen-bond acceptors (Lipinski definition) is 5. The molecular formula is C19H25N3O4. The zero-order valence-electron chi connectivity index (χ0n) is 15.4. The number of carbonyl (C=O) groups excluding carboxylic acids is 2. The van der Waals surface area contributed by atoms with Crippen LogP contribution in [0.5, 0.6) is 0 Å². The molecule has 1 aromatic carbocycles. The fraction of sp³-hybridized carbons (Fsp3) is 0.368. The molecule has 7 nitrogen and oxygen atoms in total. The molecule has 7 heteroatoms. The van der Waals surface area contributed by atoms with Gasteiger partial charge in [-0.3, -0.25) is 4.79 Å². The molecule has 1 aromatic heterocycles. The fourth-order valence-corrected chi connectivity index (χ4v) is 2.35. The van der Waals surface area contributed by atoms with Gasteiger partial charge in [0.05, 0.1) is 25.8 Å². The molecule has 0 unspecified atom stereocenters. The minimum atomic E-state index is -0.333. The summed E-state index contributed by atoms with van der Waals surface area (Å²) in [5.74, 6) is 0.312. The number of rotatable bonds is 8. The van der Waals surface area contributed by atoms with Gasteiger partial charge in [-0.1, -0.05) is 0 Å². The van der Waals surface area contributed by atoms with E-state index in [-0.39, 0.29) is 31.5 Å². The van der Waals surface area contributed by atoms with E-state index >= 15 is 0 Å². The molecule has 0 aliphatic heterocycles. The van der Waals surface area contributed by atoms with Gasteiger partial charge in [-0.15, -0.1) is 0 Å². The Kier molecular flexibility index (Phi) is 7.08. The molecule has 0 saturated heterocycles. The standard InChI is InChI=1S/C19H25N3O4/c1-4-25-18(23)11-12-22(14-17-6-5-13-26-17)19(24)20-15-7-9-16(10-8-15)21(2)3/h5-10,13H,4,11-12,14H2,1-3H3,(H,20,24). The van der Waals surface area contributed by atoms with Crippen LogP contribution in [-0.2, 0) is 16.1 Å². The zero-order valence-corrected chi connectivity index (χ0v) is 15.4. The second-order valence-electron chi connectivity index (χ2n) is 5.93. The van der Waals surface area contributed by atoms with Crippen LogP contribution in [0.25, 0.3) is 0 Å². The summed E-state index contributed by atoms with van der Waals surface area (Å²) in [6.45, 7) is 2.58. The Balaban J connectivity index is 2.02. The van der Waals surface area contributed by atoms with E-state index in [1.54, 1.807) is 25.3 Å². The van der Waals surface area contributed by atoms with E-state index in [0.717, 1.165) is 5.69 Å². The van der Waals surface area contributed by atoms with Gasteiger partial charge in [0.1, 0.15) is 5.76 Å². The molecule has 0 saturated carbocycles. The van der Waals surface area contributed by atoms with Crippen LogP contribution in [0.4, 0.5) is 16.2 Å². The third-order valence-corrected chi connectivity index (χ3v) is 3.74. The Bertz CT molecular complexity index is 696. The number of benzene rings is 1. The van der Waals surface area contributed by atoms with Crippen molar-refractivity contribution in [3.63, 3.8) is 0 Å². The molecule has 0 fully saturated rings. The Morgan fingerprint density at radius 1 is 1.15 bits per heavy atom. The number of hydrogen-bond donors (Lipinski definition) is 1. The maximum Gasteiger partial charge on any atom is 0.322 e. The van der Waals surface area contributed by atoms with E-state index in [2.05, 4.69) is 5.32 Å². The van der Waals surface area contributed by atoms with E-state index in [0.29, 0.717) is 18.1 Å². The molecule has 0 radical (unpaired) electrons. The number of nitrogens with zero attached hydrogens (tertiary/aromatic N) is 2. The van der Waals surface area contributed by atoms with Gasteiger partial charge in [-0.25, -0.2) is 4.79 Å². The lowest BCUT2D eigenvalue weighted by Gasteiger charge is -2.22. The highest BCUT2D eigenvalue weighted by Gasteiger charge is 2.17. The summed E-state index contributed by atoms with van der Waals surface area (Å²) in [4.78, 5) is 27.8. The highest BCUT2D eigenvalue weighted by atomic mass is 16.5. The van der Waals surface area contributed by atoms with Crippen molar-refractivity contribution in [1.82, 2.24) is 4.90 Å². The van der Waals surface area contributed by atoms with Crippen molar-refractivity contribution in [2.24, 2.45) is 0 Å². The number of amides is 2. The average molecular weight is 359 g/mol. The lowest BCUT2D eigenvalue weighted by atomic mass is 10.2. The van der Waals surface area contributed by atoms with Crippen LogP contribution >= 0.6 is 0 Å². The number of ether oxygens (including phenoxy) is 1. The SMILES string of the molecule is CCOC(=O)CCN(Cc1ccco1)C(=O)Nc1ccc(N(C)C)cc1. The van der Waals surface area contributed by atoms with Gasteiger partial charge in [0.15, 0.2) is 0 Å². The fourth-order valence-electron chi connectivity index (χ4n) is 2.35. The van der Waals surface area contributed by atoms with Crippen molar-refractivity contribution in [3.05, 3.63) is 48.4 Å². The van der Waals surface area contributed by atoms with Crippen molar-refractivity contribution in [3.8, 4) is 0 Å². The first kappa shape index (κ1) is 19.4. The predicted molar refractivity (Wildman–Crippen MR) is 100 cm³/mol. The van der Waals surface area contributed by atoms with Crippen LogP contribution in [0.1, 0.15) is 19.1 Å². The molecule has 2 aromatic rings. The molecule has 140 valence electrons. The van der Waals surface area contributed by atoms with Crippen molar-refractivity contribution < 1.29 is 18.7 Å². The molecule has 1 N–H and O–H groups in total. The second-order valence-corrected chi connectivity index (χ2v) is 5.93. The molecule has 0 bridgehead atoms. The molecule has 2 rings (SSSR count). The monoisotopic (exact) mass is 359 g/mol. The first-order chi connectivity index (χ1) is 12.5. The minimum Gasteiger partial charge on any atom is -0.467 e. The molecule has 2 amide bonds. The summed E-state index contributed by atoms with van der Waals surface area (Å²) < 4.78 is 10.3. The lowest BCUT2D eigenvalue weighted by Crippen LogP contribution is -2.36. The number of furan rings is 1. The Morgan fingerprint density at radius 3 is 2.46 bits per heavy atom. The Labute approximate surface area is 153 Å². The summed E-state index contributed by atoms with van der Waals surface area (Å²) >= 11 is 0. The smallest absolute Gasteiger partial charge is 0.322 e. The zero-order chi connectivity index (χ0) is 18.9. The molecule has 26 heavy (non-hydrogen) atoms. The van der Waals surface area contributed by atoms with E-state index in [9.17, 15) is 9.59 Å². The Morgan fingerprint density at radius 2 is 1.88 bits per heavy atom. The molecule has 0 atom stereocenters. The van der Waals surface area contributed by atoms with Crippen molar-refractivity contribution in [2.45, 2.75) is 19.9 Å². The van der Waals surface area contributed by atoms with Crippen LogP contribution in [-0.4, -0.2) is 44.1 Å². The first-order valence-electron chi connectivity index (χ1n) is 8.51. The third-order valence-electron chi connectivity index (χ3n) is 3.74. The quantitative estimate of drug-likeness (QED) is 0.732. The minimum absolute atomic E-state index is 0.127. The molecule has 1 heterocycles. The van der Waals surface area contributed by atoms with E-state index < -0.39 is 0 Å². The van der Waals surface area contributed by atoms with Gasteiger partial charge in [-0.2, -0.15) is 0 Å². The third kappa shape index (κ3) is 5.84. The predicted octanol–water partition coefficient (Wildman–Crippen LogP) is 3.33. The van der Waals surface area contributed by atoms with E-state index in [4.69, 9.17) is 9.15 Å². The van der Waals surface area contributed by atoms with Crippen molar-refractivity contribution in [2.75, 3.05) is 37.5 Å². The summed E-state index contributed by atoms with van der Waals surface area (Å²) in [5, 5.41) is 2.85. The number of nitrogens with one attached hydrogen (secondary N) is 1. The largest absolute Gasteiger partial charge is 0.467 e. The number of esters is 1. The summed E-state index contributed by atoms with van der Waals surface area (Å²) in [6, 6.07) is 10.8. The first-order valence-corrected chi connectivity index (χ1v) is 8.51. The van der Waals surface area contributed by atoms with Gasteiger partial charge in [0.25, 0.3) is 0 Å². The average Bonchev–Trinajstić information content (AvgIpc) is 3.12. The van der Waals surface area contributed by atoms with Crippen LogP contribution in [0.3, 0.4) is 0 Å². The Hall–Kier alpha value is -2.96. The van der Waals surface area contributed by atoms with Gasteiger partial charge in [0.2, 0.25) is 0 Å². The van der Waals surface area contributed by atoms with Crippen molar-refractivity contribution in [1.29, 1.82) is 0 Å². The van der Waals surface area contributed by atoms with Crippen LogP contribution < -0.4 is 10.2 Å². The topological polar surface area (TPSA) is 75.0 Å². The molecule has 0 aliphatic rings. The van der Waals surface area contributed by atoms with Gasteiger partial charge in [-0.05, 0) is 43.3 Å². The number of carbonyl (C=O) groups is 2. The van der Waals surface area contributed by atoms with Crippen LogP contribution in [0.2, 0.25) is 0 Å². The van der Waals surface area contributed by atoms with Crippen LogP contribution in [0.15, 0.2) is 47.1 Å². The highest BCUT2D eigenvalue weighted by Crippen LogP contribution is 2.17. The van der Waals surface area contributed by atoms with E-state index in [1.165, 1.54) is 4.90 Å². The summed E-state index contributed by atoms with van der Waals surface area (Å²) in [6.07, 6.45) is 1.68. The normalized spacial score (nSPS) is 10.3. The molecular weight excluding hydrogens is 334 g/mol. The second kappa shape index (κ2) is 9.50. The molecule has 0 spiro atoms. The van der Waals surface area contributed by atoms with Gasteiger partial charge >= 0.3 is 12.0 Å². The van der Waals surface area contributed by atoms with Crippen molar-refractivity contribution >= 4 is 23.4 Å².